The van der Waals surface area contributed by atoms with Gasteiger partial charge in [-0.1, -0.05) is 0 Å². The van der Waals surface area contributed by atoms with Crippen molar-refractivity contribution in [2.45, 2.75) is 0 Å². The third-order valence-electron chi connectivity index (χ3n) is 0. The molecule has 0 aromatic rings. The molecule has 0 atom stereocenters. The summed E-state index contributed by atoms with van der Waals surface area (Å²) in [6.07, 6.45) is 0. The largest absolute Gasteiger partial charge is 2.00 e. The Morgan fingerprint density at radius 2 is 0.273 bits per heavy atom. The fourth-order valence-electron chi connectivity index (χ4n) is 0. The second-order valence-electron chi connectivity index (χ2n) is 0. The molecule has 0 aromatic carbocycles. The van der Waals surface area contributed by atoms with Gasteiger partial charge in [0.15, 0.2) is 0 Å². The maximum absolute atomic E-state index is 0. The molecule has 0 saturated heterocycles. The Balaban J connectivity index is 0. The van der Waals surface area contributed by atoms with Gasteiger partial charge in [-0.2, -0.15) is 0 Å². The first-order valence-electron chi connectivity index (χ1n) is 0. The molecule has 7 nitrogen and oxygen atoms in total. The minimum atomic E-state index is 0. The topological polar surface area (TPSA) is 200 Å². The third kappa shape index (κ3) is 260. The van der Waals surface area contributed by atoms with Crippen LogP contribution in [0.3, 0.4) is 0 Å². The summed E-state index contributed by atoms with van der Waals surface area (Å²) in [4.78, 5) is 0. The van der Waals surface area contributed by atoms with Crippen molar-refractivity contribution in [1.29, 1.82) is 0 Å². The van der Waals surface area contributed by atoms with E-state index in [0.29, 0.717) is 0 Å². The van der Waals surface area contributed by atoms with Gasteiger partial charge in [0, 0.05) is 37.1 Å². The zero-order valence-electron chi connectivity index (χ0n) is 4.38. The van der Waals surface area contributed by atoms with Gasteiger partial charge in [-0.05, 0) is 0 Å². The predicted octanol–water partition coefficient (Wildman–Crippen LogP) is -0.842. The first-order chi connectivity index (χ1) is 0. The summed E-state index contributed by atoms with van der Waals surface area (Å²) in [6.45, 7) is 0. The summed E-state index contributed by atoms with van der Waals surface area (Å²) in [7, 11) is 0. The Bertz CT molecular complexity index is 14.4. The van der Waals surface area contributed by atoms with E-state index in [1.807, 2.05) is 0 Å². The molecule has 2 radical (unpaired) electrons. The molecule has 0 aliphatic rings. The fraction of sp³-hybridized carbons (Fsp3) is 0. The molecule has 0 aliphatic heterocycles. The summed E-state index contributed by atoms with van der Waals surface area (Å²) >= 11 is 0. The molecule has 0 amide bonds. The molecule has 0 spiro atoms. The molecule has 0 rings (SSSR count). The second-order valence-corrected chi connectivity index (χ2v) is 0. The van der Waals surface area contributed by atoms with Crippen LogP contribution >= 0.6 is 0 Å². The average molecular weight is 427 g/mol. The monoisotopic (exact) mass is 426 g/mol. The quantitative estimate of drug-likeness (QED) is 0.435. The maximum Gasteiger partial charge on any atom is 2.00 e. The van der Waals surface area contributed by atoms with Crippen LogP contribution in [0, 0.1) is 0 Å². The van der Waals surface area contributed by atoms with E-state index in [0.717, 1.165) is 0 Å². The first kappa shape index (κ1) is 402. The van der Waals surface area contributed by atoms with Gasteiger partial charge in [-0.3, -0.25) is 0 Å². The van der Waals surface area contributed by atoms with Crippen LogP contribution in [0.4, 0.5) is 0 Å². The van der Waals surface area contributed by atoms with Gasteiger partial charge < -0.3 is 38.3 Å². The van der Waals surface area contributed by atoms with Crippen molar-refractivity contribution in [3.63, 3.8) is 0 Å². The zero-order valence-corrected chi connectivity index (χ0v) is 10.3. The third-order valence-corrected chi connectivity index (χ3v) is 0. The van der Waals surface area contributed by atoms with E-state index in [2.05, 4.69) is 0 Å². The Morgan fingerprint density at radius 3 is 0.273 bits per heavy atom. The molecule has 0 unspecified atom stereocenters. The molecule has 0 aromatic heterocycles. The summed E-state index contributed by atoms with van der Waals surface area (Å²) in [6, 6.07) is 0. The molecule has 11 heavy (non-hydrogen) atoms. The van der Waals surface area contributed by atoms with E-state index >= 15 is 0 Å². The van der Waals surface area contributed by atoms with Crippen molar-refractivity contribution < 1.29 is 116 Å². The Kier molecular flexibility index (Phi) is 11500. The number of rotatable bonds is 0. The van der Waals surface area contributed by atoms with Crippen LogP contribution in [0.5, 0.6) is 0 Å². The molecule has 0 bridgehead atoms. The van der Waals surface area contributed by atoms with Crippen molar-refractivity contribution in [3.05, 3.63) is 0 Å². The molecule has 0 aliphatic carbocycles. The van der Waals surface area contributed by atoms with Gasteiger partial charge in [0.05, 0.1) is 0 Å². The number of hydrogen-bond donors (Lipinski definition) is 0. The minimum Gasteiger partial charge on any atom is -2.00 e. The van der Waals surface area contributed by atoms with Crippen LogP contribution in [-0.2, 0) is 116 Å². The van der Waals surface area contributed by atoms with Crippen molar-refractivity contribution in [1.82, 2.24) is 0 Å². The van der Waals surface area contributed by atoms with Crippen molar-refractivity contribution in [3.8, 4) is 0 Å². The normalized spacial score (nSPS) is 0. The minimum absolute atomic E-state index is 0. The van der Waals surface area contributed by atoms with Gasteiger partial charge >= 0.3 is 40.8 Å². The molecule has 0 heterocycles. The molecule has 0 saturated carbocycles. The molecular formula is O7Pd2V2-10. The van der Waals surface area contributed by atoms with Crippen LogP contribution in [-0.4, -0.2) is 0 Å². The van der Waals surface area contributed by atoms with Gasteiger partial charge in [0.2, 0.25) is 0 Å². The van der Waals surface area contributed by atoms with Crippen LogP contribution < -0.4 is 0 Å². The maximum atomic E-state index is 0. The Labute approximate surface area is 115 Å². The molecule has 11 heteroatoms. The van der Waals surface area contributed by atoms with E-state index in [1.54, 1.807) is 0 Å². The van der Waals surface area contributed by atoms with Gasteiger partial charge in [-0.25, -0.2) is 0 Å². The van der Waals surface area contributed by atoms with Crippen LogP contribution in [0.1, 0.15) is 0 Å². The van der Waals surface area contributed by atoms with E-state index < -0.39 is 0 Å². The van der Waals surface area contributed by atoms with E-state index in [-0.39, 0.29) is 116 Å². The summed E-state index contributed by atoms with van der Waals surface area (Å²) in [5.74, 6) is 0. The number of hydrogen-bond acceptors (Lipinski definition) is 0. The van der Waals surface area contributed by atoms with E-state index in [9.17, 15) is 0 Å². The summed E-state index contributed by atoms with van der Waals surface area (Å²) in [5, 5.41) is 0. The van der Waals surface area contributed by atoms with Gasteiger partial charge in [-0.15, -0.1) is 0 Å². The molecule has 0 N–H and O–H groups in total. The standard InChI is InChI=1S/7O.2Pd.2V/q7*-2;2*+2;;. The molecular weight excluding hydrogens is 427 g/mol. The predicted molar refractivity (Wildman–Crippen MR) is 4.81 cm³/mol. The smallest absolute Gasteiger partial charge is 2.00 e. The van der Waals surface area contributed by atoms with Crippen molar-refractivity contribution in [2.75, 3.05) is 0 Å². The second kappa shape index (κ2) is 313. The average Bonchev–Trinajstić information content (AvgIpc) is 0. The van der Waals surface area contributed by atoms with Crippen molar-refractivity contribution in [2.24, 2.45) is 0 Å². The van der Waals surface area contributed by atoms with Crippen LogP contribution in [0.25, 0.3) is 0 Å². The Morgan fingerprint density at radius 1 is 0.273 bits per heavy atom. The van der Waals surface area contributed by atoms with E-state index in [1.165, 1.54) is 0 Å². The van der Waals surface area contributed by atoms with Gasteiger partial charge in [0.1, 0.15) is 0 Å². The summed E-state index contributed by atoms with van der Waals surface area (Å²) < 4.78 is 0. The van der Waals surface area contributed by atoms with Crippen LogP contribution in [0.15, 0.2) is 0 Å². The van der Waals surface area contributed by atoms with E-state index in [4.69, 9.17) is 0 Å². The van der Waals surface area contributed by atoms with Crippen molar-refractivity contribution >= 4 is 0 Å². The SMILES string of the molecule is [O-2].[O-2].[O-2].[O-2].[O-2].[O-2].[O-2].[Pd+2].[Pd+2].[V].[V]. The Hall–Kier alpha value is 2.21. The fourth-order valence-corrected chi connectivity index (χ4v) is 0. The van der Waals surface area contributed by atoms with Crippen LogP contribution in [0.2, 0.25) is 0 Å². The zero-order chi connectivity index (χ0) is 0. The van der Waals surface area contributed by atoms with Gasteiger partial charge in [0.25, 0.3) is 0 Å². The first-order valence-corrected chi connectivity index (χ1v) is 0. The molecule has 0 fully saturated rings. The summed E-state index contributed by atoms with van der Waals surface area (Å²) in [5.41, 5.74) is 0. The molecule has 82 valence electrons.